The molecule has 0 bridgehead atoms. The largest absolute Gasteiger partial charge is 0.394 e. The van der Waals surface area contributed by atoms with E-state index in [2.05, 4.69) is 9.97 Å². The van der Waals surface area contributed by atoms with Crippen molar-refractivity contribution in [2.45, 2.75) is 30.8 Å². The van der Waals surface area contributed by atoms with Crippen molar-refractivity contribution in [1.29, 1.82) is 0 Å². The van der Waals surface area contributed by atoms with Crippen LogP contribution in [0.3, 0.4) is 0 Å². The first kappa shape index (κ1) is 16.8. The summed E-state index contributed by atoms with van der Waals surface area (Å²) in [6.45, 7) is -1.20. The van der Waals surface area contributed by atoms with Gasteiger partial charge in [0, 0.05) is 0 Å². The van der Waals surface area contributed by atoms with E-state index in [0.29, 0.717) is 0 Å². The van der Waals surface area contributed by atoms with Gasteiger partial charge in [0.2, 0.25) is 18.0 Å². The van der Waals surface area contributed by atoms with Gasteiger partial charge in [0.1, 0.15) is 24.9 Å². The number of fused-ring (bicyclic) bond motifs is 1. The minimum Gasteiger partial charge on any atom is -0.394 e. The number of aromatic nitrogens is 4. The number of nitrogens with two attached hydrogens (primary N) is 1. The van der Waals surface area contributed by atoms with Crippen LogP contribution in [0.5, 0.6) is 0 Å². The van der Waals surface area contributed by atoms with Crippen molar-refractivity contribution in [2.75, 3.05) is 18.9 Å². The first-order valence-corrected chi connectivity index (χ1v) is 7.11. The smallest absolute Gasteiger partial charge is 0.313 e. The summed E-state index contributed by atoms with van der Waals surface area (Å²) < 4.78 is 7.63. The van der Waals surface area contributed by atoms with Gasteiger partial charge in [-0.1, -0.05) is 4.98 Å². The molecule has 0 saturated carbocycles. The highest BCUT2D eigenvalue weighted by molar-refractivity contribution is 5.67. The maximum Gasteiger partial charge on any atom is 0.313 e. The zero-order valence-electron chi connectivity index (χ0n) is 12.3. The molecular weight excluding hydrogens is 326 g/mol. The molecule has 12 heteroatoms. The zero-order chi connectivity index (χ0) is 17.6. The van der Waals surface area contributed by atoms with Crippen LogP contribution in [-0.2, 0) is 4.74 Å². The highest BCUT2D eigenvalue weighted by Crippen LogP contribution is 2.26. The summed E-state index contributed by atoms with van der Waals surface area (Å²) >= 11 is 0. The Hall–Kier alpha value is -2.09. The Morgan fingerprint density at radius 3 is 2.71 bits per heavy atom. The van der Waals surface area contributed by atoms with E-state index < -0.39 is 49.5 Å². The molecule has 3 rings (SSSR count). The van der Waals surface area contributed by atoms with E-state index in [1.54, 1.807) is 0 Å². The Bertz CT molecular complexity index is 805. The van der Waals surface area contributed by atoms with E-state index in [1.807, 2.05) is 0 Å². The fraction of sp³-hybridized carbons (Fsp3) is 0.583. The summed E-state index contributed by atoms with van der Waals surface area (Å²) in [5.41, 5.74) is 4.72. The predicted octanol–water partition coefficient (Wildman–Crippen LogP) is -4.31. The van der Waals surface area contributed by atoms with Gasteiger partial charge < -0.3 is 36.0 Å². The normalized spacial score (nSPS) is 28.5. The van der Waals surface area contributed by atoms with E-state index in [4.69, 9.17) is 15.6 Å². The van der Waals surface area contributed by atoms with Crippen molar-refractivity contribution in [3.8, 4) is 0 Å². The van der Waals surface area contributed by atoms with Gasteiger partial charge in [-0.05, 0) is 0 Å². The molecule has 1 aliphatic heterocycles. The number of H-pyrrole nitrogens is 1. The molecule has 0 amide bonds. The minimum absolute atomic E-state index is 0.0291. The van der Waals surface area contributed by atoms with Crippen molar-refractivity contribution < 1.29 is 34.8 Å². The highest BCUT2D eigenvalue weighted by atomic mass is 16.6. The molecule has 1 fully saturated rings. The Morgan fingerprint density at radius 1 is 1.42 bits per heavy atom. The predicted molar refractivity (Wildman–Crippen MR) is 76.3 cm³/mol. The monoisotopic (exact) mass is 344 g/mol. The van der Waals surface area contributed by atoms with E-state index in [0.717, 1.165) is 4.57 Å². The summed E-state index contributed by atoms with van der Waals surface area (Å²) in [4.78, 5) is 18.4. The molecule has 2 aromatic rings. The van der Waals surface area contributed by atoms with Gasteiger partial charge in [-0.2, -0.15) is 0 Å². The third-order valence-electron chi connectivity index (χ3n) is 3.92. The average molecular weight is 344 g/mol. The molecule has 2 unspecified atom stereocenters. The number of nitrogens with one attached hydrogen (secondary N) is 1. The Labute approximate surface area is 134 Å². The number of aromatic amines is 1. The van der Waals surface area contributed by atoms with Gasteiger partial charge in [-0.25, -0.2) is 9.13 Å². The highest BCUT2D eigenvalue weighted by Gasteiger charge is 2.47. The summed E-state index contributed by atoms with van der Waals surface area (Å²) in [6.07, 6.45) is -5.23. The molecule has 0 aliphatic carbocycles. The number of hydrogen-bond donors (Lipinski definition) is 7. The van der Waals surface area contributed by atoms with Gasteiger partial charge in [0.25, 0.3) is 11.5 Å². The van der Waals surface area contributed by atoms with Crippen LogP contribution in [-0.4, -0.2) is 71.6 Å². The molecule has 5 atom stereocenters. The van der Waals surface area contributed by atoms with Gasteiger partial charge in [0.15, 0.2) is 6.33 Å². The molecule has 0 aromatic carbocycles. The lowest BCUT2D eigenvalue weighted by molar-refractivity contribution is -0.746. The van der Waals surface area contributed by atoms with Crippen molar-refractivity contribution in [3.63, 3.8) is 0 Å². The number of hydrogen-bond acceptors (Lipinski definition) is 9. The minimum atomic E-state index is -1.45. The Balaban J connectivity index is 2.20. The summed E-state index contributed by atoms with van der Waals surface area (Å²) in [6, 6.07) is 0. The van der Waals surface area contributed by atoms with Crippen LogP contribution in [0.1, 0.15) is 12.5 Å². The molecule has 132 valence electrons. The van der Waals surface area contributed by atoms with Crippen LogP contribution in [0.15, 0.2) is 11.1 Å². The first-order valence-electron chi connectivity index (χ1n) is 7.11. The molecular formula is C12H18N5O7+. The molecule has 24 heavy (non-hydrogen) atoms. The number of nitrogen functional groups attached to an aromatic ring is 1. The van der Waals surface area contributed by atoms with Crippen LogP contribution < -0.4 is 15.9 Å². The molecule has 0 spiro atoms. The third kappa shape index (κ3) is 2.45. The Kier molecular flexibility index (Phi) is 4.25. The van der Waals surface area contributed by atoms with E-state index >= 15 is 0 Å². The van der Waals surface area contributed by atoms with Crippen molar-refractivity contribution in [2.24, 2.45) is 0 Å². The van der Waals surface area contributed by atoms with Crippen molar-refractivity contribution >= 4 is 17.1 Å². The first-order chi connectivity index (χ1) is 11.4. The quantitative estimate of drug-likeness (QED) is 0.269. The second-order valence-corrected chi connectivity index (χ2v) is 5.45. The fourth-order valence-corrected chi connectivity index (χ4v) is 2.74. The third-order valence-corrected chi connectivity index (χ3v) is 3.92. The Morgan fingerprint density at radius 2 is 2.12 bits per heavy atom. The van der Waals surface area contributed by atoms with Crippen LogP contribution in [0.4, 0.5) is 5.95 Å². The molecule has 1 aliphatic rings. The molecule has 1 saturated heterocycles. The van der Waals surface area contributed by atoms with Crippen molar-refractivity contribution in [3.05, 3.63) is 16.7 Å². The lowest BCUT2D eigenvalue weighted by Gasteiger charge is -2.12. The second-order valence-electron chi connectivity index (χ2n) is 5.45. The van der Waals surface area contributed by atoms with Gasteiger partial charge >= 0.3 is 5.65 Å². The topological polar surface area (TPSA) is 191 Å². The number of anilines is 1. The number of aliphatic hydroxyl groups excluding tert-OH is 5. The summed E-state index contributed by atoms with van der Waals surface area (Å²) in [5.74, 6) is -0.204. The average Bonchev–Trinajstić information content (AvgIpc) is 3.06. The van der Waals surface area contributed by atoms with Crippen LogP contribution >= 0.6 is 0 Å². The van der Waals surface area contributed by atoms with E-state index in [1.165, 1.54) is 10.9 Å². The van der Waals surface area contributed by atoms with Gasteiger partial charge in [-0.3, -0.25) is 9.78 Å². The number of nitrogens with zero attached hydrogens (tertiary/aromatic N) is 3. The van der Waals surface area contributed by atoms with Gasteiger partial charge in [-0.15, -0.1) is 0 Å². The molecule has 8 N–H and O–H groups in total. The molecule has 0 radical (unpaired) electrons. The maximum absolute atomic E-state index is 12.1. The fourth-order valence-electron chi connectivity index (χ4n) is 2.74. The number of aliphatic hydroxyl groups is 5. The zero-order valence-corrected chi connectivity index (χ0v) is 12.3. The standard InChI is InChI=1S/C12H17N5O7/c13-12-14-9-6(10(23)15-12)16(5(20)2-19)3-17(9)11-8(22)7(21)4(1-18)24-11/h3-5,7-8,11,18-22H,1-2H2,(H2-,13,14,15,23)/p+1/t4-,5?,7-,8-,11?/m0/s1. The molecule has 12 nitrogen and oxygen atoms in total. The number of ether oxygens (including phenoxy) is 1. The van der Waals surface area contributed by atoms with E-state index in [9.17, 15) is 25.2 Å². The summed E-state index contributed by atoms with van der Waals surface area (Å²) in [7, 11) is 0. The number of rotatable bonds is 4. The molecule has 3 heterocycles. The maximum atomic E-state index is 12.1. The SMILES string of the molecule is Nc1nc2c(c(=O)[nH]1)n(C(O)CO)c[n+]2C1O[C@@H](CO)[C@H](O)[C@@H]1O. The van der Waals surface area contributed by atoms with Gasteiger partial charge in [0.05, 0.1) is 6.61 Å². The van der Waals surface area contributed by atoms with Crippen LogP contribution in [0, 0.1) is 0 Å². The lowest BCUT2D eigenvalue weighted by atomic mass is 10.1. The van der Waals surface area contributed by atoms with Crippen LogP contribution in [0.25, 0.3) is 11.2 Å². The molecule has 2 aromatic heterocycles. The van der Waals surface area contributed by atoms with Crippen LogP contribution in [0.2, 0.25) is 0 Å². The van der Waals surface area contributed by atoms with Crippen molar-refractivity contribution in [1.82, 2.24) is 14.5 Å². The number of imidazole rings is 1. The second kappa shape index (κ2) is 6.08. The van der Waals surface area contributed by atoms with E-state index in [-0.39, 0.29) is 17.1 Å². The lowest BCUT2D eigenvalue weighted by Crippen LogP contribution is -2.46. The summed E-state index contributed by atoms with van der Waals surface area (Å²) in [5, 5.41) is 48.2.